The van der Waals surface area contributed by atoms with E-state index in [-0.39, 0.29) is 44.3 Å². The molecule has 0 bridgehead atoms. The van der Waals surface area contributed by atoms with E-state index in [9.17, 15) is 10.1 Å². The van der Waals surface area contributed by atoms with Gasteiger partial charge in [-0.1, -0.05) is 90.6 Å². The molecule has 13 heteroatoms. The molecule has 1 aliphatic carbocycles. The third kappa shape index (κ3) is 9.42. The summed E-state index contributed by atoms with van der Waals surface area (Å²) in [5.74, 6) is 0.930. The van der Waals surface area contributed by atoms with E-state index in [1.165, 1.54) is 25.9 Å². The second-order valence-electron chi connectivity index (χ2n) is 10.5. The number of halogens is 3. The molecule has 8 nitrogen and oxygen atoms in total. The van der Waals surface area contributed by atoms with Crippen LogP contribution in [0, 0.1) is 28.6 Å². The van der Waals surface area contributed by atoms with Crippen molar-refractivity contribution in [3.63, 3.8) is 0 Å². The van der Waals surface area contributed by atoms with Crippen molar-refractivity contribution < 1.29 is 27.8 Å². The summed E-state index contributed by atoms with van der Waals surface area (Å²) in [6.07, 6.45) is 1.15. The van der Waals surface area contributed by atoms with Gasteiger partial charge in [-0.05, 0) is 55.5 Å². The van der Waals surface area contributed by atoms with Crippen molar-refractivity contribution in [1.82, 2.24) is 4.98 Å². The molecule has 0 amide bonds. The quantitative estimate of drug-likeness (QED) is 0.0887. The first-order valence-electron chi connectivity index (χ1n) is 13.2. The highest BCUT2D eigenvalue weighted by Gasteiger charge is 2.61. The molecule has 0 N–H and O–H groups in total. The topological polar surface area (TPSA) is 99.9 Å². The van der Waals surface area contributed by atoms with E-state index < -0.39 is 12.8 Å². The van der Waals surface area contributed by atoms with E-state index in [1.54, 1.807) is 18.2 Å². The third-order valence-electron chi connectivity index (χ3n) is 6.67. The molecule has 0 aliphatic heterocycles. The molecule has 4 rings (SSSR count). The van der Waals surface area contributed by atoms with Crippen molar-refractivity contribution in [1.29, 1.82) is 5.26 Å². The van der Waals surface area contributed by atoms with Gasteiger partial charge in [-0.15, -0.1) is 0 Å². The van der Waals surface area contributed by atoms with Crippen LogP contribution in [0.1, 0.15) is 39.4 Å². The largest absolute Gasteiger partial charge is 0.457 e. The number of ether oxygens (including phenoxy) is 2. The number of esters is 1. The molecular weight excluding hydrogens is 666 g/mol. The van der Waals surface area contributed by atoms with Crippen LogP contribution in [-0.4, -0.2) is 25.2 Å². The Kier molecular flexibility index (Phi) is 12.7. The number of aromatic nitrogens is 1. The van der Waals surface area contributed by atoms with Crippen molar-refractivity contribution in [3.05, 3.63) is 93.1 Å². The highest BCUT2D eigenvalue weighted by atomic mass is 35.5. The molecular formula is C31H32Cl3N2O6PS. The Bertz CT molecular complexity index is 1590. The minimum atomic E-state index is -2.88. The third-order valence-corrected chi connectivity index (χ3v) is 10.0. The van der Waals surface area contributed by atoms with Crippen LogP contribution in [0.2, 0.25) is 15.2 Å². The fourth-order valence-electron chi connectivity index (χ4n) is 4.27. The van der Waals surface area contributed by atoms with E-state index in [4.69, 9.17) is 69.7 Å². The summed E-state index contributed by atoms with van der Waals surface area (Å²) in [7, 11) is 2.74. The number of carbonyl (C=O) groups excluding carboxylic acids is 1. The molecule has 1 fully saturated rings. The SMILES string of the molecule is CC(C)=CC1C(C(=O)OC(C#N)c2cccc(Oc3ccccc3)c2)C1(C)C.COP(=S)(OC)Oc1nc(Cl)c(Cl)cc1Cl. The van der Waals surface area contributed by atoms with Crippen molar-refractivity contribution in [2.75, 3.05) is 14.2 Å². The molecule has 1 saturated carbocycles. The van der Waals surface area contributed by atoms with Gasteiger partial charge < -0.3 is 23.0 Å². The normalized spacial score (nSPS) is 17.2. The van der Waals surface area contributed by atoms with Crippen molar-refractivity contribution in [3.8, 4) is 23.4 Å². The highest BCUT2D eigenvalue weighted by molar-refractivity contribution is 8.07. The average molecular weight is 698 g/mol. The average Bonchev–Trinajstić information content (AvgIpc) is 3.53. The van der Waals surface area contributed by atoms with Crippen LogP contribution in [0.15, 0.2) is 72.3 Å². The van der Waals surface area contributed by atoms with E-state index in [2.05, 4.69) is 31.0 Å². The van der Waals surface area contributed by atoms with Gasteiger partial charge in [0.25, 0.3) is 0 Å². The Labute approximate surface area is 278 Å². The zero-order valence-corrected chi connectivity index (χ0v) is 28.9. The molecule has 44 heavy (non-hydrogen) atoms. The molecule has 3 aromatic rings. The van der Waals surface area contributed by atoms with Crippen LogP contribution in [0.25, 0.3) is 0 Å². The molecule has 3 atom stereocenters. The highest BCUT2D eigenvalue weighted by Crippen LogP contribution is 2.60. The van der Waals surface area contributed by atoms with Gasteiger partial charge in [0.1, 0.15) is 22.6 Å². The van der Waals surface area contributed by atoms with Crippen LogP contribution >= 0.6 is 41.5 Å². The van der Waals surface area contributed by atoms with Crippen molar-refractivity contribution in [2.45, 2.75) is 33.8 Å². The summed E-state index contributed by atoms with van der Waals surface area (Å²) in [6.45, 7) is 5.27. The van der Waals surface area contributed by atoms with Gasteiger partial charge in [-0.25, -0.2) is 0 Å². The standard InChI is InChI=1S/C24H25NO3.C7H7Cl3NO3PS/c1-16(2)13-20-22(24(20,3)4)23(26)28-21(15-25)17-9-8-12-19(14-17)27-18-10-6-5-7-11-18;1-12-15(16,13-2)14-7-5(9)3-4(8)6(10)11-7/h5-14,20-22H,1-4H3;3H,1-2H3. The summed E-state index contributed by atoms with van der Waals surface area (Å²) in [4.78, 5) is 16.5. The van der Waals surface area contributed by atoms with Gasteiger partial charge in [0.2, 0.25) is 12.0 Å². The van der Waals surface area contributed by atoms with Crippen LogP contribution in [0.3, 0.4) is 0 Å². The van der Waals surface area contributed by atoms with Crippen molar-refractivity contribution >= 4 is 59.3 Å². The first kappa shape index (κ1) is 35.8. The lowest BCUT2D eigenvalue weighted by Crippen LogP contribution is -2.14. The zero-order valence-electron chi connectivity index (χ0n) is 24.9. The summed E-state index contributed by atoms with van der Waals surface area (Å²) in [6, 6.07) is 20.0. The molecule has 234 valence electrons. The second kappa shape index (κ2) is 15.6. The Hall–Kier alpha value is -2.67. The van der Waals surface area contributed by atoms with E-state index >= 15 is 0 Å². The fraction of sp³-hybridized carbons (Fsp3) is 0.323. The van der Waals surface area contributed by atoms with Crippen LogP contribution in [-0.2, 0) is 30.4 Å². The predicted octanol–water partition coefficient (Wildman–Crippen LogP) is 9.76. The zero-order chi connectivity index (χ0) is 32.7. The lowest BCUT2D eigenvalue weighted by Gasteiger charge is -2.18. The Morgan fingerprint density at radius 2 is 1.66 bits per heavy atom. The molecule has 0 spiro atoms. The van der Waals surface area contributed by atoms with Gasteiger partial charge in [0.05, 0.1) is 10.9 Å². The number of rotatable bonds is 10. The maximum atomic E-state index is 12.7. The number of allylic oxidation sites excluding steroid dienone is 2. The van der Waals surface area contributed by atoms with Crippen LogP contribution in [0.5, 0.6) is 17.4 Å². The van der Waals surface area contributed by atoms with Gasteiger partial charge >= 0.3 is 12.7 Å². The number of para-hydroxylation sites is 1. The molecule has 0 radical (unpaired) electrons. The second-order valence-corrected chi connectivity index (χ2v) is 14.8. The number of hydrogen-bond donors (Lipinski definition) is 0. The number of carbonyl (C=O) groups is 1. The Morgan fingerprint density at radius 1 is 1.02 bits per heavy atom. The number of hydrogen-bond acceptors (Lipinski definition) is 9. The number of nitrogens with zero attached hydrogens (tertiary/aromatic N) is 2. The molecule has 1 heterocycles. The summed E-state index contributed by atoms with van der Waals surface area (Å²) < 4.78 is 26.5. The summed E-state index contributed by atoms with van der Waals surface area (Å²) in [5, 5.41) is 10.0. The lowest BCUT2D eigenvalue weighted by atomic mass is 10.1. The van der Waals surface area contributed by atoms with Crippen LogP contribution < -0.4 is 9.26 Å². The summed E-state index contributed by atoms with van der Waals surface area (Å²) in [5.41, 5.74) is 1.63. The molecule has 1 aromatic heterocycles. The fourth-order valence-corrected chi connectivity index (χ4v) is 5.71. The van der Waals surface area contributed by atoms with Crippen molar-refractivity contribution in [2.24, 2.45) is 17.3 Å². The van der Waals surface area contributed by atoms with E-state index in [1.807, 2.05) is 50.2 Å². The maximum absolute atomic E-state index is 12.7. The van der Waals surface area contributed by atoms with Gasteiger partial charge in [0, 0.05) is 31.6 Å². The molecule has 1 aliphatic rings. The van der Waals surface area contributed by atoms with E-state index in [0.29, 0.717) is 17.1 Å². The minimum absolute atomic E-state index is 0.0306. The monoisotopic (exact) mass is 696 g/mol. The minimum Gasteiger partial charge on any atom is -0.457 e. The Balaban J connectivity index is 0.000000281. The predicted molar refractivity (Wildman–Crippen MR) is 176 cm³/mol. The smallest absolute Gasteiger partial charge is 0.381 e. The number of benzene rings is 2. The first-order chi connectivity index (χ1) is 20.7. The van der Waals surface area contributed by atoms with Gasteiger partial charge in [-0.3, -0.25) is 4.79 Å². The molecule has 3 unspecified atom stereocenters. The lowest BCUT2D eigenvalue weighted by molar-refractivity contribution is -0.149. The molecule has 0 saturated heterocycles. The van der Waals surface area contributed by atoms with Gasteiger partial charge in [-0.2, -0.15) is 10.2 Å². The van der Waals surface area contributed by atoms with Gasteiger partial charge in [0.15, 0.2) is 5.15 Å². The molecule has 2 aromatic carbocycles. The number of pyridine rings is 1. The maximum Gasteiger partial charge on any atom is 0.381 e. The van der Waals surface area contributed by atoms with Crippen LogP contribution in [0.4, 0.5) is 0 Å². The Morgan fingerprint density at radius 3 is 2.25 bits per heavy atom. The summed E-state index contributed by atoms with van der Waals surface area (Å²) >= 11 is 22.3. The van der Waals surface area contributed by atoms with E-state index in [0.717, 1.165) is 0 Å². The first-order valence-corrected chi connectivity index (χ1v) is 16.9. The number of nitriles is 1.